The summed E-state index contributed by atoms with van der Waals surface area (Å²) in [6.45, 7) is 4.26. The molecule has 0 saturated heterocycles. The minimum Gasteiger partial charge on any atom is -0.227 e. The molecule has 4 aromatic carbocycles. The number of benzene rings is 4. The Labute approximate surface area is 199 Å². The number of aryl methyl sites for hydroxylation is 2. The van der Waals surface area contributed by atoms with Gasteiger partial charge in [-0.05, 0) is 49.2 Å². The molecule has 0 amide bonds. The van der Waals surface area contributed by atoms with E-state index in [2.05, 4.69) is 115 Å². The average Bonchev–Trinajstić information content (AvgIpc) is 3.28. The highest BCUT2D eigenvalue weighted by molar-refractivity contribution is 8.00. The number of hydrogen-bond donors (Lipinski definition) is 0. The molecular formula is C29H27N3S. The molecule has 3 nitrogen and oxygen atoms in total. The Balaban J connectivity index is 1.70. The molecule has 5 rings (SSSR count). The zero-order valence-corrected chi connectivity index (χ0v) is 19.8. The summed E-state index contributed by atoms with van der Waals surface area (Å²) in [7, 11) is 0. The van der Waals surface area contributed by atoms with E-state index in [0.29, 0.717) is 0 Å². The van der Waals surface area contributed by atoms with E-state index in [1.807, 2.05) is 23.9 Å². The number of para-hydroxylation sites is 1. The van der Waals surface area contributed by atoms with Crippen molar-refractivity contribution >= 4 is 22.8 Å². The van der Waals surface area contributed by atoms with E-state index in [9.17, 15) is 0 Å². The van der Waals surface area contributed by atoms with E-state index < -0.39 is 0 Å². The summed E-state index contributed by atoms with van der Waals surface area (Å²) < 4.78 is 2.15. The van der Waals surface area contributed by atoms with Crippen molar-refractivity contribution in [2.24, 2.45) is 0 Å². The molecule has 0 aliphatic carbocycles. The fraction of sp³-hybridized carbons (Fsp3) is 0.172. The third-order valence-electron chi connectivity index (χ3n) is 5.99. The first-order valence-electron chi connectivity index (χ1n) is 11.3. The molecule has 1 heterocycles. The van der Waals surface area contributed by atoms with Gasteiger partial charge < -0.3 is 0 Å². The van der Waals surface area contributed by atoms with Crippen molar-refractivity contribution in [3.05, 3.63) is 125 Å². The van der Waals surface area contributed by atoms with Gasteiger partial charge in [0.2, 0.25) is 0 Å². The molecule has 4 heteroatoms. The second kappa shape index (κ2) is 9.24. The van der Waals surface area contributed by atoms with Crippen LogP contribution in [0, 0.1) is 13.8 Å². The van der Waals surface area contributed by atoms with Gasteiger partial charge in [0, 0.05) is 17.7 Å². The van der Waals surface area contributed by atoms with Crippen molar-refractivity contribution in [2.45, 2.75) is 36.5 Å². The molecule has 5 aromatic rings. The number of thioether (sulfide) groups is 1. The summed E-state index contributed by atoms with van der Waals surface area (Å²) in [5.41, 5.74) is 7.09. The molecule has 164 valence electrons. The third-order valence-corrected chi connectivity index (χ3v) is 7.34. The van der Waals surface area contributed by atoms with E-state index in [1.54, 1.807) is 0 Å². The summed E-state index contributed by atoms with van der Waals surface area (Å²) in [6, 6.07) is 36.6. The smallest absolute Gasteiger partial charge is 0.123 e. The van der Waals surface area contributed by atoms with E-state index in [4.69, 9.17) is 5.21 Å². The van der Waals surface area contributed by atoms with Gasteiger partial charge in [0.05, 0.1) is 5.52 Å². The Bertz CT molecular complexity index is 1290. The fourth-order valence-corrected chi connectivity index (χ4v) is 5.69. The molecule has 0 atom stereocenters. The van der Waals surface area contributed by atoms with Gasteiger partial charge in [-0.2, -0.15) is 0 Å². The highest BCUT2D eigenvalue weighted by Gasteiger charge is 2.37. The molecule has 0 radical (unpaired) electrons. The van der Waals surface area contributed by atoms with E-state index >= 15 is 0 Å². The normalized spacial score (nSPS) is 11.7. The highest BCUT2D eigenvalue weighted by Crippen LogP contribution is 2.43. The average molecular weight is 450 g/mol. The Morgan fingerprint density at radius 1 is 0.667 bits per heavy atom. The van der Waals surface area contributed by atoms with Crippen LogP contribution in [0.2, 0.25) is 0 Å². The van der Waals surface area contributed by atoms with Crippen molar-refractivity contribution in [2.75, 3.05) is 0 Å². The van der Waals surface area contributed by atoms with Crippen LogP contribution in [0.15, 0.2) is 108 Å². The second-order valence-corrected chi connectivity index (χ2v) is 10.1. The van der Waals surface area contributed by atoms with Gasteiger partial charge in [0.25, 0.3) is 0 Å². The van der Waals surface area contributed by atoms with Crippen LogP contribution in [0.5, 0.6) is 0 Å². The van der Waals surface area contributed by atoms with E-state index in [1.165, 1.54) is 27.1 Å². The van der Waals surface area contributed by atoms with Crippen LogP contribution < -0.4 is 0 Å². The lowest BCUT2D eigenvalue weighted by Crippen LogP contribution is -2.36. The van der Waals surface area contributed by atoms with Gasteiger partial charge in [0.15, 0.2) is 0 Å². The number of rotatable bonds is 7. The van der Waals surface area contributed by atoms with Gasteiger partial charge in [-0.3, -0.25) is 0 Å². The van der Waals surface area contributed by atoms with Crippen LogP contribution in [0.1, 0.15) is 22.3 Å². The Morgan fingerprint density at radius 2 is 1.21 bits per heavy atom. The standard InChI is InChI=1S/C29H27N3S/c1-22-12-16-24(17-13-22)20-29(33-26-8-4-3-5-9-26,21-25-18-14-23(2)15-19-25)32-28-11-7-6-10-27(28)30-31-32/h3-19H,20-21H2,1-2H3. The SMILES string of the molecule is Cc1ccc(CC(Cc2ccc(C)cc2)(Sc2ccccc2)n2nnc3ccccc32)cc1. The first kappa shape index (κ1) is 21.5. The molecule has 1 aromatic heterocycles. The van der Waals surface area contributed by atoms with Crippen molar-refractivity contribution in [1.29, 1.82) is 0 Å². The molecule has 0 saturated carbocycles. The third kappa shape index (κ3) is 4.71. The number of nitrogens with zero attached hydrogens (tertiary/aromatic N) is 3. The molecule has 0 spiro atoms. The Kier molecular flexibility index (Phi) is 6.01. The minimum absolute atomic E-state index is 0.387. The predicted octanol–water partition coefficient (Wildman–Crippen LogP) is 6.98. The van der Waals surface area contributed by atoms with Crippen LogP contribution in [0.25, 0.3) is 11.0 Å². The maximum atomic E-state index is 4.74. The first-order valence-corrected chi connectivity index (χ1v) is 12.1. The van der Waals surface area contributed by atoms with Crippen LogP contribution in [0.4, 0.5) is 0 Å². The zero-order chi connectivity index (χ0) is 22.7. The number of hydrogen-bond acceptors (Lipinski definition) is 3. The molecule has 33 heavy (non-hydrogen) atoms. The molecule has 0 fully saturated rings. The lowest BCUT2D eigenvalue weighted by atomic mass is 9.97. The fourth-order valence-electron chi connectivity index (χ4n) is 4.26. The zero-order valence-electron chi connectivity index (χ0n) is 19.0. The molecule has 0 aliphatic heterocycles. The summed E-state index contributed by atoms with van der Waals surface area (Å²) in [4.78, 5) is 0.832. The van der Waals surface area contributed by atoms with E-state index in [0.717, 1.165) is 23.9 Å². The van der Waals surface area contributed by atoms with Gasteiger partial charge in [0.1, 0.15) is 10.4 Å². The summed E-state index contributed by atoms with van der Waals surface area (Å²) >= 11 is 1.87. The number of fused-ring (bicyclic) bond motifs is 1. The topological polar surface area (TPSA) is 30.7 Å². The lowest BCUT2D eigenvalue weighted by Gasteiger charge is -2.34. The van der Waals surface area contributed by atoms with Crippen molar-refractivity contribution < 1.29 is 0 Å². The van der Waals surface area contributed by atoms with Crippen molar-refractivity contribution in [1.82, 2.24) is 15.0 Å². The van der Waals surface area contributed by atoms with Crippen LogP contribution >= 0.6 is 11.8 Å². The van der Waals surface area contributed by atoms with Crippen molar-refractivity contribution in [3.63, 3.8) is 0 Å². The highest BCUT2D eigenvalue weighted by atomic mass is 32.2. The van der Waals surface area contributed by atoms with Crippen molar-refractivity contribution in [3.8, 4) is 0 Å². The molecule has 0 N–H and O–H groups in total. The quantitative estimate of drug-likeness (QED) is 0.251. The first-order chi connectivity index (χ1) is 16.1. The van der Waals surface area contributed by atoms with Gasteiger partial charge in [-0.1, -0.05) is 107 Å². The van der Waals surface area contributed by atoms with Gasteiger partial charge in [-0.15, -0.1) is 5.10 Å². The second-order valence-electron chi connectivity index (χ2n) is 8.68. The Hall–Kier alpha value is -3.37. The maximum Gasteiger partial charge on any atom is 0.123 e. The molecule has 0 unspecified atom stereocenters. The van der Waals surface area contributed by atoms with Gasteiger partial charge >= 0.3 is 0 Å². The monoisotopic (exact) mass is 449 g/mol. The van der Waals surface area contributed by atoms with Crippen LogP contribution in [-0.2, 0) is 17.7 Å². The lowest BCUT2D eigenvalue weighted by molar-refractivity contribution is 0.397. The Morgan fingerprint density at radius 3 is 1.82 bits per heavy atom. The minimum atomic E-state index is -0.387. The molecular weight excluding hydrogens is 422 g/mol. The van der Waals surface area contributed by atoms with Crippen LogP contribution in [-0.4, -0.2) is 15.0 Å². The van der Waals surface area contributed by atoms with Gasteiger partial charge in [-0.25, -0.2) is 4.68 Å². The predicted molar refractivity (Wildman–Crippen MR) is 138 cm³/mol. The maximum absolute atomic E-state index is 4.74. The summed E-state index contributed by atoms with van der Waals surface area (Å²) in [5, 5.41) is 9.27. The summed E-state index contributed by atoms with van der Waals surface area (Å²) in [6.07, 6.45) is 1.65. The molecule has 0 bridgehead atoms. The largest absolute Gasteiger partial charge is 0.227 e. The van der Waals surface area contributed by atoms with E-state index in [-0.39, 0.29) is 4.87 Å². The molecule has 0 aliphatic rings. The summed E-state index contributed by atoms with van der Waals surface area (Å²) in [5.74, 6) is 0. The number of aromatic nitrogens is 3. The van der Waals surface area contributed by atoms with Crippen LogP contribution in [0.3, 0.4) is 0 Å².